The zero-order valence-electron chi connectivity index (χ0n) is 41.3. The number of nitrogens with zero attached hydrogens (tertiary/aromatic N) is 4. The Kier molecular flexibility index (Phi) is 9.38. The van der Waals surface area contributed by atoms with Crippen LogP contribution in [0.15, 0.2) is 164 Å². The predicted molar refractivity (Wildman–Crippen MR) is 257 cm³/mol. The van der Waals surface area contributed by atoms with Crippen LogP contribution in [0, 0.1) is 25.7 Å². The summed E-state index contributed by atoms with van der Waals surface area (Å²) in [5, 5.41) is 1.94. The van der Waals surface area contributed by atoms with Crippen molar-refractivity contribution in [3.63, 3.8) is 0 Å². The summed E-state index contributed by atoms with van der Waals surface area (Å²) in [4.78, 5) is 9.34. The Morgan fingerprint density at radius 2 is 1.35 bits per heavy atom. The number of fused-ring (bicyclic) bond motifs is 4. The summed E-state index contributed by atoms with van der Waals surface area (Å²) in [6.07, 6.45) is 1.60. The third-order valence-electron chi connectivity index (χ3n) is 11.6. The maximum absolute atomic E-state index is 8.66. The molecule has 316 valence electrons. The van der Waals surface area contributed by atoms with Gasteiger partial charge < -0.3 is 19.1 Å². The van der Waals surface area contributed by atoms with Crippen LogP contribution in [0.4, 0.5) is 22.7 Å². The van der Waals surface area contributed by atoms with E-state index in [9.17, 15) is 0 Å². The number of hydrogen-bond donors (Lipinski definition) is 0. The molecule has 63 heavy (non-hydrogen) atoms. The quantitative estimate of drug-likeness (QED) is 0.149. The molecule has 0 aliphatic carbocycles. The molecule has 3 heterocycles. The van der Waals surface area contributed by atoms with Crippen LogP contribution in [0.5, 0.6) is 11.5 Å². The van der Waals surface area contributed by atoms with Crippen molar-refractivity contribution in [2.75, 3.05) is 9.80 Å². The predicted octanol–water partition coefficient (Wildman–Crippen LogP) is 15.2. The second-order valence-electron chi connectivity index (χ2n) is 18.0. The Morgan fingerprint density at radius 1 is 0.619 bits per heavy atom. The molecule has 10 rings (SSSR count). The number of aryl methyl sites for hydroxylation is 1. The van der Waals surface area contributed by atoms with E-state index >= 15 is 0 Å². The Bertz CT molecular complexity index is 3400. The largest absolute Gasteiger partial charge is 0.509 e. The van der Waals surface area contributed by atoms with Gasteiger partial charge in [-0.05, 0) is 87.4 Å². The van der Waals surface area contributed by atoms with E-state index < -0.39 is 6.04 Å². The molecule has 0 fully saturated rings. The zero-order chi connectivity index (χ0) is 47.1. The average Bonchev–Trinajstić information content (AvgIpc) is 3.86. The third-order valence-corrected chi connectivity index (χ3v) is 11.6. The average molecular weight is 1010 g/mol. The van der Waals surface area contributed by atoms with Gasteiger partial charge in [0, 0.05) is 66.9 Å². The van der Waals surface area contributed by atoms with E-state index in [1.54, 1.807) is 6.20 Å². The Labute approximate surface area is 392 Å². The van der Waals surface area contributed by atoms with Crippen LogP contribution in [0.2, 0.25) is 0 Å². The fourth-order valence-electron chi connectivity index (χ4n) is 8.24. The summed E-state index contributed by atoms with van der Waals surface area (Å²) >= 11 is 0. The molecule has 2 aromatic heterocycles. The molecule has 0 radical (unpaired) electrons. The van der Waals surface area contributed by atoms with Crippen molar-refractivity contribution >= 4 is 44.6 Å². The van der Waals surface area contributed by atoms with Crippen LogP contribution in [0.1, 0.15) is 65.1 Å². The van der Waals surface area contributed by atoms with Crippen molar-refractivity contribution in [2.45, 2.75) is 59.3 Å². The van der Waals surface area contributed by atoms with Crippen molar-refractivity contribution in [1.29, 1.82) is 0 Å². The van der Waals surface area contributed by atoms with E-state index in [0.29, 0.717) is 28.4 Å². The number of pyridine rings is 1. The van der Waals surface area contributed by atoms with E-state index in [1.165, 1.54) is 5.56 Å². The minimum absolute atomic E-state index is 0. The van der Waals surface area contributed by atoms with E-state index in [4.69, 9.17) is 16.6 Å². The van der Waals surface area contributed by atoms with Gasteiger partial charge in [0.05, 0.1) is 6.85 Å². The molecule has 1 aliphatic heterocycles. The van der Waals surface area contributed by atoms with Gasteiger partial charge in [0.15, 0.2) is 0 Å². The maximum atomic E-state index is 8.66. The van der Waals surface area contributed by atoms with Crippen molar-refractivity contribution in [3.8, 4) is 39.6 Å². The molecule has 5 nitrogen and oxygen atoms in total. The summed E-state index contributed by atoms with van der Waals surface area (Å²) in [7, 11) is 0. The second kappa shape index (κ2) is 16.4. The smallest absolute Gasteiger partial charge is 0.135 e. The van der Waals surface area contributed by atoms with Crippen molar-refractivity contribution in [2.24, 2.45) is 0 Å². The summed E-state index contributed by atoms with van der Waals surface area (Å²) in [5.74, 6) is 1.62. The molecule has 7 aromatic carbocycles. The van der Waals surface area contributed by atoms with E-state index in [1.807, 2.05) is 41.8 Å². The van der Waals surface area contributed by atoms with Crippen molar-refractivity contribution in [1.82, 2.24) is 9.55 Å². The number of aromatic nitrogens is 2. The number of rotatable bonds is 7. The first-order valence-corrected chi connectivity index (χ1v) is 21.0. The number of benzene rings is 7. The molecule has 0 N–H and O–H groups in total. The van der Waals surface area contributed by atoms with Crippen LogP contribution in [-0.4, -0.2) is 9.55 Å². The Balaban J connectivity index is 0.00000578. The molecule has 0 unspecified atom stereocenters. The minimum Gasteiger partial charge on any atom is -0.509 e. The first-order chi connectivity index (χ1) is 32.0. The van der Waals surface area contributed by atoms with Crippen LogP contribution < -0.4 is 14.5 Å². The van der Waals surface area contributed by atoms with Gasteiger partial charge in [-0.2, -0.15) is 6.07 Å². The molecule has 9 aromatic rings. The van der Waals surface area contributed by atoms with E-state index in [0.717, 1.165) is 61.2 Å². The van der Waals surface area contributed by atoms with Gasteiger partial charge in [-0.1, -0.05) is 144 Å². The van der Waals surface area contributed by atoms with Gasteiger partial charge in [0.1, 0.15) is 5.82 Å². The van der Waals surface area contributed by atoms with E-state index in [2.05, 4.69) is 167 Å². The number of para-hydroxylation sites is 2. The fraction of sp³-hybridized carbons (Fsp3) is 0.158. The monoisotopic (exact) mass is 1010 g/mol. The standard InChI is InChI=1S/C57H49N4O.Pt/c1-38-29-55(58-36-50(38)40-19-12-9-13-20-40)61-51-28-25-41(39-17-10-8-11-18-39)30-49(51)48-27-26-46(35-54(48)61)62-47-33-43(57(5,6)7)32-45(34-47)60-37-59(52-23-14-15-24-53(52)60)44-22-16-21-42(31-44)56(2,3)4;/h8-33,36-37H,1-7H3;/q-3;/i9D,12D,13D,19D,20D;. The topological polar surface area (TPSA) is 33.5 Å². The number of ether oxygens (including phenoxy) is 1. The summed E-state index contributed by atoms with van der Waals surface area (Å²) in [6.45, 7) is 17.3. The number of hydrogen-bond acceptors (Lipinski definition) is 4. The molecule has 0 bridgehead atoms. The van der Waals surface area contributed by atoms with Crippen LogP contribution in [0.25, 0.3) is 49.9 Å². The molecule has 1 aliphatic rings. The molecule has 0 spiro atoms. The maximum Gasteiger partial charge on any atom is 0.135 e. The minimum atomic E-state index is -0.433. The van der Waals surface area contributed by atoms with Crippen LogP contribution >= 0.6 is 0 Å². The summed E-state index contributed by atoms with van der Waals surface area (Å²) < 4.78 is 50.9. The van der Waals surface area contributed by atoms with Gasteiger partial charge >= 0.3 is 0 Å². The number of anilines is 4. The molecule has 0 amide bonds. The van der Waals surface area contributed by atoms with Crippen molar-refractivity contribution < 1.29 is 32.7 Å². The van der Waals surface area contributed by atoms with Gasteiger partial charge in [-0.3, -0.25) is 0 Å². The molecule has 0 atom stereocenters. The van der Waals surface area contributed by atoms with E-state index in [-0.39, 0.29) is 61.6 Å². The molecular formula is C57H49N4OPt-3. The molecule has 0 saturated carbocycles. The van der Waals surface area contributed by atoms with Crippen LogP contribution in [-0.2, 0) is 31.9 Å². The molecular weight excluding hydrogens is 952 g/mol. The third kappa shape index (κ3) is 7.96. The molecule has 6 heteroatoms. The van der Waals surface area contributed by atoms with Crippen molar-refractivity contribution in [3.05, 3.63) is 199 Å². The van der Waals surface area contributed by atoms with Gasteiger partial charge in [0.2, 0.25) is 0 Å². The fourth-order valence-corrected chi connectivity index (χ4v) is 8.24. The second-order valence-corrected chi connectivity index (χ2v) is 18.0. The first-order valence-electron chi connectivity index (χ1n) is 23.5. The summed E-state index contributed by atoms with van der Waals surface area (Å²) in [6, 6.07) is 49.4. The van der Waals surface area contributed by atoms with Gasteiger partial charge in [-0.15, -0.1) is 53.6 Å². The normalized spacial score (nSPS) is 13.9. The van der Waals surface area contributed by atoms with Gasteiger partial charge in [0.25, 0.3) is 0 Å². The Morgan fingerprint density at radius 3 is 2.08 bits per heavy atom. The van der Waals surface area contributed by atoms with Crippen LogP contribution in [0.3, 0.4) is 0 Å². The van der Waals surface area contributed by atoms with Gasteiger partial charge in [-0.25, -0.2) is 4.98 Å². The summed E-state index contributed by atoms with van der Waals surface area (Å²) in [5.41, 5.74) is 11.2. The Hall–Kier alpha value is -6.42. The first kappa shape index (κ1) is 36.1. The zero-order valence-corrected chi connectivity index (χ0v) is 38.6. The molecule has 0 saturated heterocycles. The SMILES string of the molecule is [2H]c1c([2H])c([2H])c(-c2cnc(-n3c4[c-]c(Oc5[c-]c(N6[CH-]N(c7cccc(C(C)(C)C)c7)c7ccccc76)cc(C(C)(C)C)c5)ccc4c4cc(-c5ccccc5)ccc43)cc2C)c([2H])c1[2H].[Pt].